The Balaban J connectivity index is 2.86. The van der Waals surface area contributed by atoms with E-state index in [4.69, 9.17) is 20.7 Å². The molecule has 0 fully saturated rings. The molecular weight excluding hydrogens is 530 g/mol. The zero-order valence-corrected chi connectivity index (χ0v) is 23.1. The Morgan fingerprint density at radius 1 is 1.05 bits per heavy atom. The SMILES string of the molecule is CCCCCC(CC(=O)CCc1ccc(O)c(OC)c1)SCC(NC(=O)C(N)CC(=O)O)C(=O)NCC(=O)O. The molecule has 0 aliphatic carbocycles. The van der Waals surface area contributed by atoms with Crippen LogP contribution in [0.5, 0.6) is 11.5 Å². The lowest BCUT2D eigenvalue weighted by molar-refractivity contribution is -0.140. The number of Topliss-reactive ketones (excluding diaryl/α,β-unsaturated/α-hetero) is 1. The summed E-state index contributed by atoms with van der Waals surface area (Å²) in [6.07, 6.45) is 3.83. The third kappa shape index (κ3) is 13.9. The number of rotatable bonds is 20. The number of nitrogens with one attached hydrogen (secondary N) is 2. The number of ketones is 1. The van der Waals surface area contributed by atoms with E-state index in [9.17, 15) is 29.1 Å². The maximum absolute atomic E-state index is 12.8. The van der Waals surface area contributed by atoms with Gasteiger partial charge in [-0.15, -0.1) is 0 Å². The number of aryl methyl sites for hydroxylation is 1. The fourth-order valence-corrected chi connectivity index (χ4v) is 4.98. The highest BCUT2D eigenvalue weighted by molar-refractivity contribution is 8.00. The van der Waals surface area contributed by atoms with Gasteiger partial charge in [0, 0.05) is 23.8 Å². The van der Waals surface area contributed by atoms with Crippen molar-refractivity contribution in [2.45, 2.75) is 75.6 Å². The van der Waals surface area contributed by atoms with Crippen molar-refractivity contribution in [2.75, 3.05) is 19.4 Å². The van der Waals surface area contributed by atoms with Crippen molar-refractivity contribution in [1.82, 2.24) is 10.6 Å². The number of hydrogen-bond acceptors (Lipinski definition) is 9. The maximum atomic E-state index is 12.8. The van der Waals surface area contributed by atoms with Gasteiger partial charge in [-0.2, -0.15) is 11.8 Å². The van der Waals surface area contributed by atoms with Crippen molar-refractivity contribution in [3.63, 3.8) is 0 Å². The molecule has 0 aromatic heterocycles. The predicted octanol–water partition coefficient (Wildman–Crippen LogP) is 1.46. The standard InChI is InChI=1S/C26H39N3O9S/c1-3-4-5-6-18(12-17(30)9-7-16-8-10-21(31)22(11-16)38-2)39-15-20(26(37)28-14-24(34)35)29-25(36)19(27)13-23(32)33/h8,10-11,18-20,31H,3-7,9,12-15,27H2,1-2H3,(H,28,37)(H,29,36)(H,32,33)(H,34,35). The van der Waals surface area contributed by atoms with Crippen LogP contribution in [0.4, 0.5) is 0 Å². The molecule has 13 heteroatoms. The summed E-state index contributed by atoms with van der Waals surface area (Å²) in [6, 6.07) is 2.34. The van der Waals surface area contributed by atoms with E-state index in [1.807, 2.05) is 0 Å². The van der Waals surface area contributed by atoms with Crippen LogP contribution in [0.15, 0.2) is 18.2 Å². The molecular formula is C26H39N3O9S. The molecule has 0 bridgehead atoms. The Hall–Kier alpha value is -3.32. The van der Waals surface area contributed by atoms with Gasteiger partial charge in [0.15, 0.2) is 11.5 Å². The first-order valence-electron chi connectivity index (χ1n) is 12.7. The van der Waals surface area contributed by atoms with Crippen LogP contribution in [0.25, 0.3) is 0 Å². The summed E-state index contributed by atoms with van der Waals surface area (Å²) in [4.78, 5) is 59.6. The second-order valence-electron chi connectivity index (χ2n) is 9.08. The van der Waals surface area contributed by atoms with Crippen molar-refractivity contribution >= 4 is 41.3 Å². The number of phenols is 1. The number of aromatic hydroxyl groups is 1. The number of thioether (sulfide) groups is 1. The van der Waals surface area contributed by atoms with E-state index in [-0.39, 0.29) is 35.4 Å². The van der Waals surface area contributed by atoms with Gasteiger partial charge in [0.1, 0.15) is 18.4 Å². The average molecular weight is 570 g/mol. The minimum absolute atomic E-state index is 0.00966. The van der Waals surface area contributed by atoms with Crippen LogP contribution in [-0.4, -0.2) is 81.6 Å². The van der Waals surface area contributed by atoms with Gasteiger partial charge in [0.25, 0.3) is 0 Å². The number of phenolic OH excluding ortho intramolecular Hbond substituents is 1. The first-order chi connectivity index (χ1) is 18.5. The lowest BCUT2D eigenvalue weighted by Crippen LogP contribution is -2.53. The molecule has 2 amide bonds. The summed E-state index contributed by atoms with van der Waals surface area (Å²) >= 11 is 1.31. The van der Waals surface area contributed by atoms with Gasteiger partial charge in [0.05, 0.1) is 19.6 Å². The molecule has 39 heavy (non-hydrogen) atoms. The van der Waals surface area contributed by atoms with Gasteiger partial charge in [0.2, 0.25) is 11.8 Å². The van der Waals surface area contributed by atoms with Crippen molar-refractivity contribution in [3.05, 3.63) is 23.8 Å². The van der Waals surface area contributed by atoms with Gasteiger partial charge in [-0.25, -0.2) is 0 Å². The van der Waals surface area contributed by atoms with Crippen molar-refractivity contribution in [1.29, 1.82) is 0 Å². The fourth-order valence-electron chi connectivity index (χ4n) is 3.64. The molecule has 0 saturated heterocycles. The number of unbranched alkanes of at least 4 members (excludes halogenated alkanes) is 2. The molecule has 0 aliphatic rings. The van der Waals surface area contributed by atoms with E-state index < -0.39 is 48.8 Å². The summed E-state index contributed by atoms with van der Waals surface area (Å²) in [7, 11) is 1.44. The lowest BCUT2D eigenvalue weighted by atomic mass is 10.0. The van der Waals surface area contributed by atoms with E-state index in [1.165, 1.54) is 24.9 Å². The van der Waals surface area contributed by atoms with E-state index in [0.29, 0.717) is 18.6 Å². The summed E-state index contributed by atoms with van der Waals surface area (Å²) in [6.45, 7) is 1.40. The molecule has 1 aromatic rings. The van der Waals surface area contributed by atoms with Gasteiger partial charge in [-0.3, -0.25) is 24.0 Å². The molecule has 3 unspecified atom stereocenters. The molecule has 12 nitrogen and oxygen atoms in total. The first-order valence-corrected chi connectivity index (χ1v) is 13.8. The van der Waals surface area contributed by atoms with Gasteiger partial charge < -0.3 is 36.4 Å². The normalized spacial score (nSPS) is 13.1. The number of carbonyl (C=O) groups excluding carboxylic acids is 3. The maximum Gasteiger partial charge on any atom is 0.322 e. The Labute approximate surface area is 232 Å². The van der Waals surface area contributed by atoms with Crippen LogP contribution in [-0.2, 0) is 30.4 Å². The average Bonchev–Trinajstić information content (AvgIpc) is 2.88. The van der Waals surface area contributed by atoms with Crippen LogP contribution < -0.4 is 21.1 Å². The Morgan fingerprint density at radius 3 is 2.38 bits per heavy atom. The number of methoxy groups -OCH3 is 1. The molecule has 0 radical (unpaired) electrons. The quantitative estimate of drug-likeness (QED) is 0.124. The summed E-state index contributed by atoms with van der Waals surface area (Å²) in [5.41, 5.74) is 6.44. The van der Waals surface area contributed by atoms with Crippen LogP contribution in [0, 0.1) is 0 Å². The van der Waals surface area contributed by atoms with Crippen molar-refractivity contribution < 1.29 is 44.0 Å². The largest absolute Gasteiger partial charge is 0.504 e. The van der Waals surface area contributed by atoms with E-state index in [1.54, 1.807) is 12.1 Å². The van der Waals surface area contributed by atoms with E-state index in [2.05, 4.69) is 17.6 Å². The number of nitrogens with two attached hydrogens (primary N) is 1. The lowest BCUT2D eigenvalue weighted by Gasteiger charge is -2.22. The molecule has 3 atom stereocenters. The number of carboxylic acids is 2. The number of hydrogen-bond donors (Lipinski definition) is 6. The Kier molecular flexibility index (Phi) is 15.6. The first kappa shape index (κ1) is 33.7. The van der Waals surface area contributed by atoms with E-state index in [0.717, 1.165) is 24.8 Å². The van der Waals surface area contributed by atoms with E-state index >= 15 is 0 Å². The highest BCUT2D eigenvalue weighted by Gasteiger charge is 2.27. The highest BCUT2D eigenvalue weighted by atomic mass is 32.2. The molecule has 1 aromatic carbocycles. The van der Waals surface area contributed by atoms with Crippen LogP contribution >= 0.6 is 11.8 Å². The predicted molar refractivity (Wildman–Crippen MR) is 146 cm³/mol. The Morgan fingerprint density at radius 2 is 1.77 bits per heavy atom. The second-order valence-corrected chi connectivity index (χ2v) is 10.4. The van der Waals surface area contributed by atoms with Crippen molar-refractivity contribution in [2.24, 2.45) is 5.73 Å². The van der Waals surface area contributed by atoms with Crippen LogP contribution in [0.1, 0.15) is 57.4 Å². The summed E-state index contributed by atoms with van der Waals surface area (Å²) < 4.78 is 5.11. The number of carbonyl (C=O) groups is 5. The number of carboxylic acid groups (broad SMARTS) is 2. The van der Waals surface area contributed by atoms with Gasteiger partial charge in [-0.05, 0) is 30.5 Å². The zero-order valence-electron chi connectivity index (χ0n) is 22.3. The second kappa shape index (κ2) is 18.1. The zero-order chi connectivity index (χ0) is 29.4. The van der Waals surface area contributed by atoms with Crippen molar-refractivity contribution in [3.8, 4) is 11.5 Å². The molecule has 0 heterocycles. The van der Waals surface area contributed by atoms with Gasteiger partial charge >= 0.3 is 11.9 Å². The van der Waals surface area contributed by atoms with Gasteiger partial charge in [-0.1, -0.05) is 32.3 Å². The highest BCUT2D eigenvalue weighted by Crippen LogP contribution is 2.27. The summed E-state index contributed by atoms with van der Waals surface area (Å²) in [5.74, 6) is -3.76. The molecule has 0 aliphatic heterocycles. The smallest absolute Gasteiger partial charge is 0.322 e. The minimum Gasteiger partial charge on any atom is -0.504 e. The third-order valence-corrected chi connectivity index (χ3v) is 7.20. The summed E-state index contributed by atoms with van der Waals surface area (Å²) in [5, 5.41) is 32.0. The van der Waals surface area contributed by atoms with Crippen LogP contribution in [0.3, 0.4) is 0 Å². The fraction of sp³-hybridized carbons (Fsp3) is 0.577. The molecule has 0 spiro atoms. The number of benzene rings is 1. The van der Waals surface area contributed by atoms with Crippen LogP contribution in [0.2, 0.25) is 0 Å². The topological polar surface area (TPSA) is 205 Å². The molecule has 0 saturated carbocycles. The number of aliphatic carboxylic acids is 2. The monoisotopic (exact) mass is 569 g/mol. The number of ether oxygens (including phenoxy) is 1. The minimum atomic E-state index is -1.39. The third-order valence-electron chi connectivity index (χ3n) is 5.80. The molecule has 218 valence electrons. The number of amides is 2. The molecule has 1 rings (SSSR count). The Bertz CT molecular complexity index is 989. The molecule has 7 N–H and O–H groups in total.